The molecule has 1 amide bonds. The molecular weight excluding hydrogens is 332 g/mol. The van der Waals surface area contributed by atoms with Crippen molar-refractivity contribution in [3.8, 4) is 0 Å². The van der Waals surface area contributed by atoms with E-state index in [0.717, 1.165) is 41.5 Å². The average molecular weight is 352 g/mol. The standard InChI is InChI=1S/C20H20N2O4/c1-12-9-13-3-2-4-15(18(13)25-12)20(23)22-7-5-17-16(10-22)21-19(26-17)14-6-8-24-11-14/h2-4,9,14H,5-8,10-11H2,1H3. The van der Waals surface area contributed by atoms with Gasteiger partial charge in [-0.05, 0) is 25.5 Å². The summed E-state index contributed by atoms with van der Waals surface area (Å²) in [5, 5.41) is 0.955. The number of para-hydroxylation sites is 1. The zero-order valence-corrected chi connectivity index (χ0v) is 14.7. The van der Waals surface area contributed by atoms with Crippen molar-refractivity contribution in [2.75, 3.05) is 19.8 Å². The Hall–Kier alpha value is -2.60. The molecule has 0 saturated carbocycles. The molecule has 0 spiro atoms. The summed E-state index contributed by atoms with van der Waals surface area (Å²) in [7, 11) is 0. The number of ether oxygens (including phenoxy) is 1. The van der Waals surface area contributed by atoms with Crippen LogP contribution in [0.1, 0.15) is 45.8 Å². The highest BCUT2D eigenvalue weighted by atomic mass is 16.5. The summed E-state index contributed by atoms with van der Waals surface area (Å²) in [6.07, 6.45) is 1.64. The van der Waals surface area contributed by atoms with Crippen molar-refractivity contribution < 1.29 is 18.4 Å². The van der Waals surface area contributed by atoms with Gasteiger partial charge in [-0.25, -0.2) is 4.98 Å². The normalized spacial score (nSPS) is 19.9. The van der Waals surface area contributed by atoms with Gasteiger partial charge >= 0.3 is 0 Å². The maximum Gasteiger partial charge on any atom is 0.258 e. The molecule has 0 radical (unpaired) electrons. The number of aryl methyl sites for hydroxylation is 1. The fraction of sp³-hybridized carbons (Fsp3) is 0.400. The topological polar surface area (TPSA) is 68.7 Å². The Labute approximate surface area is 150 Å². The molecule has 1 saturated heterocycles. The number of hydrogen-bond donors (Lipinski definition) is 0. The molecule has 2 aromatic heterocycles. The van der Waals surface area contributed by atoms with E-state index in [1.54, 1.807) is 0 Å². The van der Waals surface area contributed by atoms with Crippen molar-refractivity contribution in [3.63, 3.8) is 0 Å². The van der Waals surface area contributed by atoms with E-state index >= 15 is 0 Å². The molecule has 2 aliphatic heterocycles. The van der Waals surface area contributed by atoms with Crippen LogP contribution in [0.5, 0.6) is 0 Å². The molecule has 0 aliphatic carbocycles. The Morgan fingerprint density at radius 2 is 2.23 bits per heavy atom. The first-order chi connectivity index (χ1) is 12.7. The first-order valence-corrected chi connectivity index (χ1v) is 9.03. The third kappa shape index (κ3) is 2.52. The lowest BCUT2D eigenvalue weighted by atomic mass is 10.1. The van der Waals surface area contributed by atoms with Crippen LogP contribution in [0.4, 0.5) is 0 Å². The zero-order valence-electron chi connectivity index (χ0n) is 14.7. The van der Waals surface area contributed by atoms with Gasteiger partial charge in [-0.15, -0.1) is 0 Å². The van der Waals surface area contributed by atoms with Gasteiger partial charge in [-0.1, -0.05) is 12.1 Å². The van der Waals surface area contributed by atoms with Gasteiger partial charge in [0.2, 0.25) is 0 Å². The van der Waals surface area contributed by atoms with Crippen LogP contribution in [0.25, 0.3) is 11.0 Å². The van der Waals surface area contributed by atoms with Crippen molar-refractivity contribution in [2.45, 2.75) is 32.2 Å². The number of rotatable bonds is 2. The van der Waals surface area contributed by atoms with E-state index < -0.39 is 0 Å². The van der Waals surface area contributed by atoms with Crippen molar-refractivity contribution >= 4 is 16.9 Å². The molecule has 6 nitrogen and oxygen atoms in total. The second-order valence-corrected chi connectivity index (χ2v) is 7.04. The predicted molar refractivity (Wildman–Crippen MR) is 94.1 cm³/mol. The lowest BCUT2D eigenvalue weighted by molar-refractivity contribution is 0.0728. The van der Waals surface area contributed by atoms with Gasteiger partial charge in [-0.3, -0.25) is 4.79 Å². The minimum Gasteiger partial charge on any atom is -0.461 e. The Bertz CT molecular complexity index is 981. The van der Waals surface area contributed by atoms with E-state index in [9.17, 15) is 4.79 Å². The van der Waals surface area contributed by atoms with Crippen LogP contribution < -0.4 is 0 Å². The summed E-state index contributed by atoms with van der Waals surface area (Å²) in [5.41, 5.74) is 2.13. The molecule has 6 heteroatoms. The Kier molecular flexibility index (Phi) is 3.60. The third-order valence-electron chi connectivity index (χ3n) is 5.21. The number of nitrogens with zero attached hydrogens (tertiary/aromatic N) is 2. The maximum absolute atomic E-state index is 13.1. The van der Waals surface area contributed by atoms with E-state index in [2.05, 4.69) is 4.98 Å². The molecule has 1 fully saturated rings. The fourth-order valence-electron chi connectivity index (χ4n) is 3.83. The van der Waals surface area contributed by atoms with Gasteiger partial charge in [-0.2, -0.15) is 0 Å². The van der Waals surface area contributed by atoms with E-state index in [-0.39, 0.29) is 11.8 Å². The highest BCUT2D eigenvalue weighted by Gasteiger charge is 2.30. The molecule has 1 atom stereocenters. The summed E-state index contributed by atoms with van der Waals surface area (Å²) < 4.78 is 17.1. The molecular formula is C20H20N2O4. The van der Waals surface area contributed by atoms with Crippen LogP contribution in [0.3, 0.4) is 0 Å². The van der Waals surface area contributed by atoms with Gasteiger partial charge in [0.1, 0.15) is 22.8 Å². The molecule has 5 rings (SSSR count). The van der Waals surface area contributed by atoms with Crippen molar-refractivity contribution in [1.82, 2.24) is 9.88 Å². The van der Waals surface area contributed by atoms with Crippen LogP contribution in [0.2, 0.25) is 0 Å². The summed E-state index contributed by atoms with van der Waals surface area (Å²) in [4.78, 5) is 19.6. The highest BCUT2D eigenvalue weighted by molar-refractivity contribution is 6.05. The minimum atomic E-state index is -0.0238. The molecule has 134 valence electrons. The van der Waals surface area contributed by atoms with Crippen molar-refractivity contribution in [2.24, 2.45) is 0 Å². The summed E-state index contributed by atoms with van der Waals surface area (Å²) in [6, 6.07) is 7.64. The number of oxazole rings is 1. The number of furan rings is 1. The number of hydrogen-bond acceptors (Lipinski definition) is 5. The predicted octanol–water partition coefficient (Wildman–Crippen LogP) is 3.43. The largest absolute Gasteiger partial charge is 0.461 e. The number of carbonyl (C=O) groups is 1. The maximum atomic E-state index is 13.1. The fourth-order valence-corrected chi connectivity index (χ4v) is 3.83. The number of carbonyl (C=O) groups excluding carboxylic acids is 1. The molecule has 1 aromatic carbocycles. The second kappa shape index (κ2) is 5.99. The Morgan fingerprint density at radius 3 is 3.08 bits per heavy atom. The van der Waals surface area contributed by atoms with Gasteiger partial charge < -0.3 is 18.5 Å². The highest BCUT2D eigenvalue weighted by Crippen LogP contribution is 2.30. The van der Waals surface area contributed by atoms with Crippen LogP contribution in [0.15, 0.2) is 33.1 Å². The lowest BCUT2D eigenvalue weighted by Crippen LogP contribution is -2.35. The quantitative estimate of drug-likeness (QED) is 0.707. The first kappa shape index (κ1) is 15.6. The van der Waals surface area contributed by atoms with E-state index in [1.807, 2.05) is 36.1 Å². The van der Waals surface area contributed by atoms with Gasteiger partial charge in [0, 0.05) is 25.0 Å². The van der Waals surface area contributed by atoms with Crippen molar-refractivity contribution in [1.29, 1.82) is 0 Å². The molecule has 3 aromatic rings. The second-order valence-electron chi connectivity index (χ2n) is 7.04. The Morgan fingerprint density at radius 1 is 1.31 bits per heavy atom. The molecule has 4 heterocycles. The molecule has 26 heavy (non-hydrogen) atoms. The number of aromatic nitrogens is 1. The summed E-state index contributed by atoms with van der Waals surface area (Å²) in [6.45, 7) is 4.42. The molecule has 0 N–H and O–H groups in total. The van der Waals surface area contributed by atoms with Gasteiger partial charge in [0.05, 0.1) is 24.6 Å². The number of amides is 1. The SMILES string of the molecule is Cc1cc2cccc(C(=O)N3CCc4oc(C5CCOC5)nc4C3)c2o1. The first-order valence-electron chi connectivity index (χ1n) is 9.03. The smallest absolute Gasteiger partial charge is 0.258 e. The molecule has 0 bridgehead atoms. The third-order valence-corrected chi connectivity index (χ3v) is 5.21. The van der Waals surface area contributed by atoms with Crippen LogP contribution in [0, 0.1) is 6.92 Å². The van der Waals surface area contributed by atoms with Crippen LogP contribution >= 0.6 is 0 Å². The minimum absolute atomic E-state index is 0.0238. The van der Waals surface area contributed by atoms with Crippen LogP contribution in [-0.2, 0) is 17.7 Å². The average Bonchev–Trinajstić information content (AvgIpc) is 3.37. The van der Waals surface area contributed by atoms with E-state index in [4.69, 9.17) is 13.6 Å². The van der Waals surface area contributed by atoms with Gasteiger partial charge in [0.15, 0.2) is 5.89 Å². The van der Waals surface area contributed by atoms with E-state index in [1.165, 1.54) is 0 Å². The van der Waals surface area contributed by atoms with Crippen LogP contribution in [-0.4, -0.2) is 35.5 Å². The lowest BCUT2D eigenvalue weighted by Gasteiger charge is -2.25. The van der Waals surface area contributed by atoms with Gasteiger partial charge in [0.25, 0.3) is 5.91 Å². The number of fused-ring (bicyclic) bond motifs is 2. The monoisotopic (exact) mass is 352 g/mol. The van der Waals surface area contributed by atoms with Crippen molar-refractivity contribution in [3.05, 3.63) is 52.9 Å². The summed E-state index contributed by atoms with van der Waals surface area (Å²) >= 11 is 0. The Balaban J connectivity index is 1.42. The zero-order chi connectivity index (χ0) is 17.7. The number of benzene rings is 1. The molecule has 1 unspecified atom stereocenters. The van der Waals surface area contributed by atoms with E-state index in [0.29, 0.717) is 37.3 Å². The molecule has 2 aliphatic rings. The summed E-state index contributed by atoms with van der Waals surface area (Å²) in [5.74, 6) is 2.68.